The van der Waals surface area contributed by atoms with Crippen molar-refractivity contribution in [3.63, 3.8) is 0 Å². The van der Waals surface area contributed by atoms with Gasteiger partial charge in [0, 0.05) is 29.0 Å². The molecule has 0 aliphatic carbocycles. The largest absolute Gasteiger partial charge is 0.481 e. The second kappa shape index (κ2) is 7.81. The molecule has 0 radical (unpaired) electrons. The second-order valence-corrected chi connectivity index (χ2v) is 8.56. The second-order valence-electron chi connectivity index (χ2n) is 7.64. The summed E-state index contributed by atoms with van der Waals surface area (Å²) in [7, 11) is 1.63. The molecule has 156 valence electrons. The Kier molecular flexibility index (Phi) is 4.98. The van der Waals surface area contributed by atoms with Crippen molar-refractivity contribution in [1.82, 2.24) is 19.5 Å². The summed E-state index contributed by atoms with van der Waals surface area (Å²) >= 11 is 3.45. The smallest absolute Gasteiger partial charge is 0.274 e. The Morgan fingerprint density at radius 2 is 2.06 bits per heavy atom. The molecule has 4 heterocycles. The van der Waals surface area contributed by atoms with Crippen LogP contribution < -0.4 is 4.74 Å². The van der Waals surface area contributed by atoms with Gasteiger partial charge in [0.25, 0.3) is 5.91 Å². The highest BCUT2D eigenvalue weighted by Crippen LogP contribution is 2.35. The van der Waals surface area contributed by atoms with Gasteiger partial charge in [-0.05, 0) is 76.3 Å². The molecule has 1 unspecified atom stereocenters. The van der Waals surface area contributed by atoms with Crippen molar-refractivity contribution in [3.05, 3.63) is 82.2 Å². The molecular weight excluding hydrogens is 456 g/mol. The molecule has 5 rings (SSSR count). The lowest BCUT2D eigenvalue weighted by Crippen LogP contribution is -2.39. The number of benzene rings is 1. The lowest BCUT2D eigenvalue weighted by molar-refractivity contribution is 0.0671. The Morgan fingerprint density at radius 1 is 1.19 bits per heavy atom. The maximum absolute atomic E-state index is 13.3. The van der Waals surface area contributed by atoms with E-state index in [2.05, 4.69) is 51.1 Å². The molecule has 1 amide bonds. The molecule has 7 heteroatoms. The molecule has 3 aromatic heterocycles. The summed E-state index contributed by atoms with van der Waals surface area (Å²) in [5, 5.41) is 4.49. The topological polar surface area (TPSA) is 59.7 Å². The van der Waals surface area contributed by atoms with Crippen LogP contribution >= 0.6 is 15.9 Å². The zero-order valence-corrected chi connectivity index (χ0v) is 18.8. The number of fused-ring (bicyclic) bond motifs is 2. The van der Waals surface area contributed by atoms with Crippen LogP contribution in [0.5, 0.6) is 5.88 Å². The fourth-order valence-corrected chi connectivity index (χ4v) is 4.59. The summed E-state index contributed by atoms with van der Waals surface area (Å²) in [6.07, 6.45) is 4.38. The molecule has 0 spiro atoms. The SMILES string of the molecule is COc1ncccc1-c1ccc2c(c1)CCN(C(=O)c1cc3ccc(Br)cn3n1)C2C. The summed E-state index contributed by atoms with van der Waals surface area (Å²) < 4.78 is 8.07. The number of methoxy groups -OCH3 is 1. The van der Waals surface area contributed by atoms with Gasteiger partial charge in [0.2, 0.25) is 5.88 Å². The van der Waals surface area contributed by atoms with E-state index in [-0.39, 0.29) is 11.9 Å². The third-order valence-electron chi connectivity index (χ3n) is 5.86. The number of halogens is 1. The summed E-state index contributed by atoms with van der Waals surface area (Å²) in [6, 6.07) is 16.0. The van der Waals surface area contributed by atoms with E-state index in [1.54, 1.807) is 17.8 Å². The molecule has 0 saturated carbocycles. The van der Waals surface area contributed by atoms with Gasteiger partial charge in [-0.1, -0.05) is 18.2 Å². The lowest BCUT2D eigenvalue weighted by Gasteiger charge is -2.35. The average molecular weight is 477 g/mol. The van der Waals surface area contributed by atoms with Gasteiger partial charge >= 0.3 is 0 Å². The van der Waals surface area contributed by atoms with E-state index in [1.165, 1.54) is 5.56 Å². The van der Waals surface area contributed by atoms with Gasteiger partial charge in [-0.25, -0.2) is 9.50 Å². The van der Waals surface area contributed by atoms with Crippen LogP contribution in [0, 0.1) is 0 Å². The molecular formula is C24H21BrN4O2. The Morgan fingerprint density at radius 3 is 2.90 bits per heavy atom. The van der Waals surface area contributed by atoms with Crippen LogP contribution in [0.1, 0.15) is 34.6 Å². The summed E-state index contributed by atoms with van der Waals surface area (Å²) in [5.74, 6) is 0.567. The number of hydrogen-bond acceptors (Lipinski definition) is 4. The summed E-state index contributed by atoms with van der Waals surface area (Å²) in [5.41, 5.74) is 5.81. The van der Waals surface area contributed by atoms with E-state index in [1.807, 2.05) is 41.4 Å². The van der Waals surface area contributed by atoms with Crippen LogP contribution in [0.25, 0.3) is 16.6 Å². The van der Waals surface area contributed by atoms with Crippen molar-refractivity contribution >= 4 is 27.4 Å². The first-order valence-corrected chi connectivity index (χ1v) is 10.9. The first kappa shape index (κ1) is 19.8. The highest BCUT2D eigenvalue weighted by Gasteiger charge is 2.30. The van der Waals surface area contributed by atoms with Crippen molar-refractivity contribution in [2.45, 2.75) is 19.4 Å². The van der Waals surface area contributed by atoms with Crippen LogP contribution in [-0.4, -0.2) is 39.1 Å². The molecule has 0 fully saturated rings. The van der Waals surface area contributed by atoms with E-state index in [4.69, 9.17) is 4.74 Å². The highest BCUT2D eigenvalue weighted by atomic mass is 79.9. The molecule has 0 bridgehead atoms. The molecule has 0 N–H and O–H groups in total. The van der Waals surface area contributed by atoms with Gasteiger partial charge in [-0.2, -0.15) is 5.10 Å². The molecule has 1 atom stereocenters. The highest BCUT2D eigenvalue weighted by molar-refractivity contribution is 9.10. The third-order valence-corrected chi connectivity index (χ3v) is 6.33. The van der Waals surface area contributed by atoms with E-state index in [0.717, 1.165) is 33.1 Å². The van der Waals surface area contributed by atoms with Crippen molar-refractivity contribution in [2.24, 2.45) is 0 Å². The molecule has 4 aromatic rings. The fourth-order valence-electron chi connectivity index (χ4n) is 4.26. The Hall–Kier alpha value is -3.19. The van der Waals surface area contributed by atoms with Crippen LogP contribution in [0.15, 0.2) is 65.4 Å². The third kappa shape index (κ3) is 3.49. The molecule has 31 heavy (non-hydrogen) atoms. The van der Waals surface area contributed by atoms with E-state index >= 15 is 0 Å². The van der Waals surface area contributed by atoms with Gasteiger partial charge in [-0.3, -0.25) is 4.79 Å². The van der Waals surface area contributed by atoms with Crippen LogP contribution in [0.2, 0.25) is 0 Å². The van der Waals surface area contributed by atoms with Gasteiger partial charge in [-0.15, -0.1) is 0 Å². The van der Waals surface area contributed by atoms with Crippen molar-refractivity contribution < 1.29 is 9.53 Å². The Labute approximate surface area is 188 Å². The van der Waals surface area contributed by atoms with Gasteiger partial charge < -0.3 is 9.64 Å². The molecule has 1 aliphatic rings. The predicted molar refractivity (Wildman–Crippen MR) is 122 cm³/mol. The van der Waals surface area contributed by atoms with E-state index in [9.17, 15) is 4.79 Å². The van der Waals surface area contributed by atoms with Gasteiger partial charge in [0.15, 0.2) is 5.69 Å². The van der Waals surface area contributed by atoms with Crippen LogP contribution in [0.4, 0.5) is 0 Å². The summed E-state index contributed by atoms with van der Waals surface area (Å²) in [6.45, 7) is 2.73. The quantitative estimate of drug-likeness (QED) is 0.420. The number of carbonyl (C=O) groups is 1. The molecule has 6 nitrogen and oxygen atoms in total. The minimum Gasteiger partial charge on any atom is -0.481 e. The molecule has 1 aromatic carbocycles. The standard InChI is InChI=1S/C24H21BrN4O2/c1-15-20-8-5-16(21-4-3-10-26-23(21)31-2)12-17(20)9-11-28(15)24(30)22-13-19-7-6-18(25)14-29(19)27-22/h3-8,10,12-15H,9,11H2,1-2H3. The van der Waals surface area contributed by atoms with Gasteiger partial charge in [0.05, 0.1) is 18.7 Å². The Balaban J connectivity index is 1.44. The summed E-state index contributed by atoms with van der Waals surface area (Å²) in [4.78, 5) is 19.5. The number of amides is 1. The predicted octanol–water partition coefficient (Wildman–Crippen LogP) is 4.93. The number of ether oxygens (including phenoxy) is 1. The van der Waals surface area contributed by atoms with E-state index < -0.39 is 0 Å². The lowest BCUT2D eigenvalue weighted by atomic mass is 9.90. The zero-order valence-electron chi connectivity index (χ0n) is 17.2. The van der Waals surface area contributed by atoms with Crippen molar-refractivity contribution in [1.29, 1.82) is 0 Å². The number of rotatable bonds is 3. The maximum Gasteiger partial charge on any atom is 0.274 e. The number of aromatic nitrogens is 3. The molecule has 0 saturated heterocycles. The van der Waals surface area contributed by atoms with Crippen molar-refractivity contribution in [2.75, 3.05) is 13.7 Å². The van der Waals surface area contributed by atoms with Crippen LogP contribution in [-0.2, 0) is 6.42 Å². The molecule has 1 aliphatic heterocycles. The minimum absolute atomic E-state index is 0.0300. The number of hydrogen-bond donors (Lipinski definition) is 0. The number of nitrogens with zero attached hydrogens (tertiary/aromatic N) is 4. The first-order valence-electron chi connectivity index (χ1n) is 10.1. The number of pyridine rings is 2. The van der Waals surface area contributed by atoms with Crippen LogP contribution in [0.3, 0.4) is 0 Å². The Bertz CT molecular complexity index is 1300. The maximum atomic E-state index is 13.3. The first-order chi connectivity index (χ1) is 15.0. The monoisotopic (exact) mass is 476 g/mol. The average Bonchev–Trinajstić information content (AvgIpc) is 3.22. The zero-order chi connectivity index (χ0) is 21.5. The van der Waals surface area contributed by atoms with E-state index in [0.29, 0.717) is 18.1 Å². The van der Waals surface area contributed by atoms with Gasteiger partial charge in [0.1, 0.15) is 0 Å². The number of carbonyl (C=O) groups excluding carboxylic acids is 1. The fraction of sp³-hybridized carbons (Fsp3) is 0.208. The normalized spacial score (nSPS) is 15.7. The minimum atomic E-state index is -0.0454. The van der Waals surface area contributed by atoms with Crippen molar-refractivity contribution in [3.8, 4) is 17.0 Å².